The molecule has 5 nitrogen and oxygen atoms in total. The first-order valence-corrected chi connectivity index (χ1v) is 9.04. The number of ether oxygens (including phenoxy) is 2. The third-order valence-corrected chi connectivity index (χ3v) is 5.99. The summed E-state index contributed by atoms with van der Waals surface area (Å²) in [5.74, 6) is 0.876. The average Bonchev–Trinajstić information content (AvgIpc) is 2.86. The molecular formula is C19H26N2O3. The molecule has 2 aliphatic carbocycles. The van der Waals surface area contributed by atoms with E-state index in [9.17, 15) is 4.79 Å². The molecular weight excluding hydrogens is 304 g/mol. The molecule has 2 saturated carbocycles. The van der Waals surface area contributed by atoms with Crippen LogP contribution in [0.25, 0.3) is 0 Å². The molecule has 1 heterocycles. The first-order chi connectivity index (χ1) is 11.6. The van der Waals surface area contributed by atoms with Crippen LogP contribution >= 0.6 is 0 Å². The number of aryl methyl sites for hydroxylation is 1. The molecule has 2 fully saturated rings. The largest absolute Gasteiger partial charge is 0.491 e. The lowest BCUT2D eigenvalue weighted by Gasteiger charge is -2.60. The highest BCUT2D eigenvalue weighted by molar-refractivity contribution is 5.75. The molecule has 24 heavy (non-hydrogen) atoms. The van der Waals surface area contributed by atoms with Crippen molar-refractivity contribution >= 4 is 6.03 Å². The lowest BCUT2D eigenvalue weighted by molar-refractivity contribution is -0.169. The fourth-order valence-corrected chi connectivity index (χ4v) is 4.45. The van der Waals surface area contributed by atoms with Gasteiger partial charge in [-0.05, 0) is 39.2 Å². The molecule has 3 atom stereocenters. The molecule has 0 unspecified atom stereocenters. The van der Waals surface area contributed by atoms with Crippen molar-refractivity contribution in [3.63, 3.8) is 0 Å². The van der Waals surface area contributed by atoms with E-state index in [0.717, 1.165) is 37.2 Å². The molecule has 4 rings (SSSR count). The molecule has 1 aromatic rings. The molecule has 2 N–H and O–H groups in total. The second-order valence-corrected chi connectivity index (χ2v) is 7.34. The third kappa shape index (κ3) is 2.46. The van der Waals surface area contributed by atoms with Gasteiger partial charge in [-0.2, -0.15) is 0 Å². The first kappa shape index (κ1) is 15.8. The fourth-order valence-electron chi connectivity index (χ4n) is 4.45. The second kappa shape index (κ2) is 5.96. The Bertz CT molecular complexity index is 641. The number of urea groups is 1. The first-order valence-electron chi connectivity index (χ1n) is 9.04. The maximum Gasteiger partial charge on any atom is 0.315 e. The molecule has 1 aliphatic heterocycles. The van der Waals surface area contributed by atoms with E-state index < -0.39 is 0 Å². The molecule has 0 aromatic heterocycles. The summed E-state index contributed by atoms with van der Waals surface area (Å²) in [7, 11) is 0. The van der Waals surface area contributed by atoms with E-state index in [1.54, 1.807) is 0 Å². The zero-order chi connectivity index (χ0) is 16.7. The van der Waals surface area contributed by atoms with E-state index in [4.69, 9.17) is 9.47 Å². The van der Waals surface area contributed by atoms with Crippen molar-refractivity contribution in [2.24, 2.45) is 5.41 Å². The summed E-state index contributed by atoms with van der Waals surface area (Å²) < 4.78 is 11.5. The Morgan fingerprint density at radius 3 is 2.92 bits per heavy atom. The number of fused-ring (bicyclic) bond motifs is 1. The summed E-state index contributed by atoms with van der Waals surface area (Å²) in [6, 6.07) is 6.18. The molecule has 3 aliphatic rings. The van der Waals surface area contributed by atoms with E-state index >= 15 is 0 Å². The summed E-state index contributed by atoms with van der Waals surface area (Å²) in [4.78, 5) is 12.5. The number of carbonyl (C=O) groups excluding carboxylic acids is 1. The molecule has 2 amide bonds. The van der Waals surface area contributed by atoms with Crippen molar-refractivity contribution in [2.75, 3.05) is 13.2 Å². The van der Waals surface area contributed by atoms with Gasteiger partial charge in [0.25, 0.3) is 0 Å². The molecule has 0 saturated heterocycles. The van der Waals surface area contributed by atoms with Gasteiger partial charge in [0.05, 0.1) is 12.1 Å². The van der Waals surface area contributed by atoms with Crippen LogP contribution in [0, 0.1) is 12.3 Å². The van der Waals surface area contributed by atoms with Crippen LogP contribution in [0.2, 0.25) is 0 Å². The van der Waals surface area contributed by atoms with Gasteiger partial charge >= 0.3 is 6.03 Å². The SMILES string of the molecule is CCO[C@@H]1C[C@H](NC(=O)N[C@@H]2COc3ccc(C)cc32)C12CCC2. The highest BCUT2D eigenvalue weighted by Crippen LogP contribution is 2.57. The van der Waals surface area contributed by atoms with Crippen LogP contribution in [0.15, 0.2) is 18.2 Å². The summed E-state index contributed by atoms with van der Waals surface area (Å²) in [5.41, 5.74) is 2.44. The van der Waals surface area contributed by atoms with Gasteiger partial charge in [-0.3, -0.25) is 0 Å². The molecule has 130 valence electrons. The zero-order valence-corrected chi connectivity index (χ0v) is 14.4. The third-order valence-electron chi connectivity index (χ3n) is 5.99. The zero-order valence-electron chi connectivity index (χ0n) is 14.4. The number of hydrogen-bond donors (Lipinski definition) is 2. The lowest BCUT2D eigenvalue weighted by Crippen LogP contribution is -2.68. The van der Waals surface area contributed by atoms with Crippen LogP contribution in [-0.2, 0) is 4.74 Å². The fraction of sp³-hybridized carbons (Fsp3) is 0.632. The monoisotopic (exact) mass is 330 g/mol. The topological polar surface area (TPSA) is 59.6 Å². The van der Waals surface area contributed by atoms with Gasteiger partial charge in [0, 0.05) is 23.6 Å². The van der Waals surface area contributed by atoms with E-state index in [-0.39, 0.29) is 23.5 Å². The number of amides is 2. The highest BCUT2D eigenvalue weighted by Gasteiger charge is 2.59. The van der Waals surface area contributed by atoms with Crippen molar-refractivity contribution in [3.8, 4) is 5.75 Å². The predicted octanol–water partition coefficient (Wildman–Crippen LogP) is 3.08. The van der Waals surface area contributed by atoms with Crippen molar-refractivity contribution in [3.05, 3.63) is 29.3 Å². The molecule has 0 bridgehead atoms. The van der Waals surface area contributed by atoms with Crippen LogP contribution in [0.5, 0.6) is 5.75 Å². The molecule has 1 aromatic carbocycles. The van der Waals surface area contributed by atoms with E-state index in [1.807, 2.05) is 19.1 Å². The second-order valence-electron chi connectivity index (χ2n) is 7.34. The van der Waals surface area contributed by atoms with Crippen LogP contribution in [0.1, 0.15) is 49.8 Å². The number of benzene rings is 1. The number of hydrogen-bond acceptors (Lipinski definition) is 3. The highest BCUT2D eigenvalue weighted by atomic mass is 16.5. The summed E-state index contributed by atoms with van der Waals surface area (Å²) in [6.07, 6.45) is 4.82. The number of carbonyl (C=O) groups is 1. The Morgan fingerprint density at radius 2 is 2.21 bits per heavy atom. The van der Waals surface area contributed by atoms with E-state index in [0.29, 0.717) is 12.7 Å². The van der Waals surface area contributed by atoms with E-state index in [2.05, 4.69) is 23.6 Å². The van der Waals surface area contributed by atoms with Gasteiger partial charge in [0.1, 0.15) is 12.4 Å². The maximum absolute atomic E-state index is 12.5. The molecule has 5 heteroatoms. The smallest absolute Gasteiger partial charge is 0.315 e. The van der Waals surface area contributed by atoms with Gasteiger partial charge in [0.2, 0.25) is 0 Å². The summed E-state index contributed by atoms with van der Waals surface area (Å²) in [6.45, 7) is 5.35. The van der Waals surface area contributed by atoms with Gasteiger partial charge in [0.15, 0.2) is 0 Å². The lowest BCUT2D eigenvalue weighted by atomic mass is 9.51. The Morgan fingerprint density at radius 1 is 1.38 bits per heavy atom. The maximum atomic E-state index is 12.5. The molecule has 0 radical (unpaired) electrons. The van der Waals surface area contributed by atoms with Gasteiger partial charge in [-0.25, -0.2) is 4.79 Å². The van der Waals surface area contributed by atoms with Gasteiger partial charge < -0.3 is 20.1 Å². The van der Waals surface area contributed by atoms with Crippen LogP contribution in [-0.4, -0.2) is 31.4 Å². The van der Waals surface area contributed by atoms with Gasteiger partial charge in [-0.1, -0.05) is 24.1 Å². The summed E-state index contributed by atoms with van der Waals surface area (Å²) in [5, 5.41) is 6.26. The van der Waals surface area contributed by atoms with Crippen molar-refractivity contribution in [2.45, 2.75) is 57.7 Å². The Kier molecular flexibility index (Phi) is 3.91. The van der Waals surface area contributed by atoms with Crippen LogP contribution in [0.3, 0.4) is 0 Å². The van der Waals surface area contributed by atoms with Crippen molar-refractivity contribution in [1.29, 1.82) is 0 Å². The number of rotatable bonds is 4. The quantitative estimate of drug-likeness (QED) is 0.892. The van der Waals surface area contributed by atoms with E-state index in [1.165, 1.54) is 12.0 Å². The minimum atomic E-state index is -0.0934. The Balaban J connectivity index is 1.36. The average molecular weight is 330 g/mol. The summed E-state index contributed by atoms with van der Waals surface area (Å²) >= 11 is 0. The standard InChI is InChI=1S/C19H26N2O3/c1-3-23-17-10-16(19(17)7-4-8-19)21-18(22)20-14-11-24-15-6-5-12(2)9-13(14)15/h5-6,9,14,16-17H,3-4,7-8,10-11H2,1-2H3,(H2,20,21,22)/t14-,16+,17-/m1/s1. The Hall–Kier alpha value is -1.75. The minimum absolute atomic E-state index is 0.0694. The van der Waals surface area contributed by atoms with Crippen LogP contribution in [0.4, 0.5) is 4.79 Å². The van der Waals surface area contributed by atoms with Crippen LogP contribution < -0.4 is 15.4 Å². The van der Waals surface area contributed by atoms with Crippen molar-refractivity contribution < 1.29 is 14.3 Å². The Labute approximate surface area is 143 Å². The molecule has 1 spiro atoms. The van der Waals surface area contributed by atoms with Gasteiger partial charge in [-0.15, -0.1) is 0 Å². The minimum Gasteiger partial charge on any atom is -0.491 e. The normalized spacial score (nSPS) is 29.2. The predicted molar refractivity (Wildman–Crippen MR) is 91.2 cm³/mol. The number of nitrogens with one attached hydrogen (secondary N) is 2. The van der Waals surface area contributed by atoms with Crippen molar-refractivity contribution in [1.82, 2.24) is 10.6 Å².